The summed E-state index contributed by atoms with van der Waals surface area (Å²) < 4.78 is 0. The molecule has 1 N–H and O–H groups in total. The Morgan fingerprint density at radius 1 is 1.50 bits per heavy atom. The molecule has 0 saturated heterocycles. The Bertz CT molecular complexity index is 409. The van der Waals surface area contributed by atoms with Gasteiger partial charge in [0.15, 0.2) is 0 Å². The summed E-state index contributed by atoms with van der Waals surface area (Å²) >= 11 is 11.5. The molecule has 0 aliphatic carbocycles. The summed E-state index contributed by atoms with van der Waals surface area (Å²) in [6, 6.07) is 6.44. The Balaban J connectivity index is 3.09. The molecule has 1 aromatic rings. The lowest BCUT2D eigenvalue weighted by molar-refractivity contribution is 0.221. The molecule has 0 aromatic heterocycles. The molecule has 0 saturated carbocycles. The SMILES string of the molecule is C=C(C#N)C(O)c1ccc(Cl)cc1Cl. The van der Waals surface area contributed by atoms with E-state index in [4.69, 9.17) is 28.5 Å². The maximum atomic E-state index is 9.61. The van der Waals surface area contributed by atoms with Gasteiger partial charge in [0.1, 0.15) is 6.10 Å². The summed E-state index contributed by atoms with van der Waals surface area (Å²) in [6.45, 7) is 3.41. The molecule has 72 valence electrons. The van der Waals surface area contributed by atoms with Gasteiger partial charge in [0, 0.05) is 15.6 Å². The lowest BCUT2D eigenvalue weighted by Crippen LogP contribution is -1.99. The van der Waals surface area contributed by atoms with Gasteiger partial charge in [-0.1, -0.05) is 35.8 Å². The maximum Gasteiger partial charge on any atom is 0.115 e. The van der Waals surface area contributed by atoms with E-state index in [1.54, 1.807) is 18.2 Å². The van der Waals surface area contributed by atoms with Crippen LogP contribution in [-0.4, -0.2) is 5.11 Å². The van der Waals surface area contributed by atoms with E-state index in [9.17, 15) is 5.11 Å². The number of rotatable bonds is 2. The van der Waals surface area contributed by atoms with E-state index >= 15 is 0 Å². The minimum atomic E-state index is -1.07. The first-order valence-electron chi connectivity index (χ1n) is 3.78. The largest absolute Gasteiger partial charge is 0.383 e. The molecule has 4 heteroatoms. The molecule has 0 aliphatic heterocycles. The molecule has 0 amide bonds. The van der Waals surface area contributed by atoms with Gasteiger partial charge in [-0.25, -0.2) is 0 Å². The Kier molecular flexibility index (Phi) is 3.54. The van der Waals surface area contributed by atoms with Gasteiger partial charge in [0.2, 0.25) is 0 Å². The number of nitrogens with zero attached hydrogens (tertiary/aromatic N) is 1. The summed E-state index contributed by atoms with van der Waals surface area (Å²) in [5, 5.41) is 18.9. The molecule has 0 aliphatic rings. The van der Waals surface area contributed by atoms with Crippen LogP contribution in [0.5, 0.6) is 0 Å². The van der Waals surface area contributed by atoms with Crippen molar-refractivity contribution in [3.05, 3.63) is 46.0 Å². The highest BCUT2D eigenvalue weighted by Gasteiger charge is 2.14. The Hall–Kier alpha value is -1.01. The molecule has 1 atom stereocenters. The zero-order valence-corrected chi connectivity index (χ0v) is 8.68. The third-order valence-electron chi connectivity index (χ3n) is 1.73. The fourth-order valence-corrected chi connectivity index (χ4v) is 1.48. The molecule has 14 heavy (non-hydrogen) atoms. The van der Waals surface area contributed by atoms with Gasteiger partial charge < -0.3 is 5.11 Å². The van der Waals surface area contributed by atoms with Crippen molar-refractivity contribution in [1.82, 2.24) is 0 Å². The monoisotopic (exact) mass is 227 g/mol. The summed E-state index contributed by atoms with van der Waals surface area (Å²) in [6.07, 6.45) is -1.07. The lowest BCUT2D eigenvalue weighted by Gasteiger charge is -2.10. The number of halogens is 2. The second-order valence-corrected chi connectivity index (χ2v) is 3.55. The minimum Gasteiger partial charge on any atom is -0.383 e. The van der Waals surface area contributed by atoms with Crippen LogP contribution < -0.4 is 0 Å². The normalized spacial score (nSPS) is 11.9. The fourth-order valence-electron chi connectivity index (χ4n) is 0.972. The molecule has 0 spiro atoms. The van der Waals surface area contributed by atoms with Crippen molar-refractivity contribution in [3.63, 3.8) is 0 Å². The Labute approximate surface area is 92.0 Å². The van der Waals surface area contributed by atoms with Gasteiger partial charge in [-0.05, 0) is 12.1 Å². The van der Waals surface area contributed by atoms with Gasteiger partial charge in [0.05, 0.1) is 11.6 Å². The van der Waals surface area contributed by atoms with Crippen LogP contribution in [0.4, 0.5) is 0 Å². The Morgan fingerprint density at radius 2 is 2.14 bits per heavy atom. The predicted octanol–water partition coefficient (Wildman–Crippen LogP) is 3.11. The predicted molar refractivity (Wildman–Crippen MR) is 56.2 cm³/mol. The second-order valence-electron chi connectivity index (χ2n) is 2.71. The molecule has 0 heterocycles. The van der Waals surface area contributed by atoms with Crippen molar-refractivity contribution < 1.29 is 5.11 Å². The van der Waals surface area contributed by atoms with Crippen LogP contribution in [0.3, 0.4) is 0 Å². The number of benzene rings is 1. The highest BCUT2D eigenvalue weighted by molar-refractivity contribution is 6.35. The van der Waals surface area contributed by atoms with E-state index in [1.165, 1.54) is 6.07 Å². The number of hydrogen-bond acceptors (Lipinski definition) is 2. The smallest absolute Gasteiger partial charge is 0.115 e. The zero-order valence-electron chi connectivity index (χ0n) is 7.17. The van der Waals surface area contributed by atoms with E-state index in [2.05, 4.69) is 6.58 Å². The first kappa shape index (κ1) is 11.1. The highest BCUT2D eigenvalue weighted by atomic mass is 35.5. The van der Waals surface area contributed by atoms with E-state index in [1.807, 2.05) is 0 Å². The standard InChI is InChI=1S/C10H7Cl2NO/c1-6(5-13)10(14)8-3-2-7(11)4-9(8)12/h2-4,10,14H,1H2. The highest BCUT2D eigenvalue weighted by Crippen LogP contribution is 2.29. The summed E-state index contributed by atoms with van der Waals surface area (Å²) in [5.41, 5.74) is 0.483. The quantitative estimate of drug-likeness (QED) is 0.790. The number of aliphatic hydroxyl groups excluding tert-OH is 1. The van der Waals surface area contributed by atoms with Crippen molar-refractivity contribution in [3.8, 4) is 6.07 Å². The molecule has 1 unspecified atom stereocenters. The maximum absolute atomic E-state index is 9.61. The first-order valence-corrected chi connectivity index (χ1v) is 4.53. The average molecular weight is 228 g/mol. The van der Waals surface area contributed by atoms with Gasteiger partial charge in [-0.3, -0.25) is 0 Å². The van der Waals surface area contributed by atoms with Crippen LogP contribution in [-0.2, 0) is 0 Å². The summed E-state index contributed by atoms with van der Waals surface area (Å²) in [4.78, 5) is 0. The van der Waals surface area contributed by atoms with Crippen LogP contribution >= 0.6 is 23.2 Å². The van der Waals surface area contributed by atoms with E-state index in [0.29, 0.717) is 15.6 Å². The topological polar surface area (TPSA) is 44.0 Å². The lowest BCUT2D eigenvalue weighted by atomic mass is 10.0. The van der Waals surface area contributed by atoms with Crippen molar-refractivity contribution in [2.75, 3.05) is 0 Å². The van der Waals surface area contributed by atoms with E-state index < -0.39 is 6.10 Å². The molecule has 1 aromatic carbocycles. The third kappa shape index (κ3) is 2.27. The van der Waals surface area contributed by atoms with Crippen molar-refractivity contribution in [2.24, 2.45) is 0 Å². The van der Waals surface area contributed by atoms with E-state index in [-0.39, 0.29) is 5.57 Å². The summed E-state index contributed by atoms with van der Waals surface area (Å²) in [5.74, 6) is 0. The zero-order chi connectivity index (χ0) is 10.7. The molecule has 0 fully saturated rings. The van der Waals surface area contributed by atoms with Crippen molar-refractivity contribution in [1.29, 1.82) is 5.26 Å². The summed E-state index contributed by atoms with van der Waals surface area (Å²) in [7, 11) is 0. The van der Waals surface area contributed by atoms with Gasteiger partial charge in [-0.2, -0.15) is 5.26 Å². The van der Waals surface area contributed by atoms with Crippen LogP contribution in [0.15, 0.2) is 30.4 Å². The first-order chi connectivity index (χ1) is 6.56. The third-order valence-corrected chi connectivity index (χ3v) is 2.29. The van der Waals surface area contributed by atoms with Crippen molar-refractivity contribution >= 4 is 23.2 Å². The molecule has 0 radical (unpaired) electrons. The van der Waals surface area contributed by atoms with Crippen LogP contribution in [0.2, 0.25) is 10.0 Å². The molecule has 1 rings (SSSR count). The van der Waals surface area contributed by atoms with Crippen LogP contribution in [0, 0.1) is 11.3 Å². The van der Waals surface area contributed by atoms with Crippen molar-refractivity contribution in [2.45, 2.75) is 6.10 Å². The Morgan fingerprint density at radius 3 is 2.64 bits per heavy atom. The molecular formula is C10H7Cl2NO. The van der Waals surface area contributed by atoms with Gasteiger partial charge >= 0.3 is 0 Å². The molecular weight excluding hydrogens is 221 g/mol. The second kappa shape index (κ2) is 4.47. The average Bonchev–Trinajstić information content (AvgIpc) is 2.15. The van der Waals surface area contributed by atoms with Gasteiger partial charge in [-0.15, -0.1) is 0 Å². The van der Waals surface area contributed by atoms with Crippen LogP contribution in [0.25, 0.3) is 0 Å². The number of nitriles is 1. The van der Waals surface area contributed by atoms with Crippen LogP contribution in [0.1, 0.15) is 11.7 Å². The minimum absolute atomic E-state index is 0.0502. The van der Waals surface area contributed by atoms with E-state index in [0.717, 1.165) is 0 Å². The number of hydrogen-bond donors (Lipinski definition) is 1. The fraction of sp³-hybridized carbons (Fsp3) is 0.100. The number of aliphatic hydroxyl groups is 1. The molecule has 2 nitrogen and oxygen atoms in total. The van der Waals surface area contributed by atoms with Gasteiger partial charge in [0.25, 0.3) is 0 Å². The molecule has 0 bridgehead atoms.